The average Bonchev–Trinajstić information content (AvgIpc) is 2.38. The molecule has 1 unspecified atom stereocenters. The predicted molar refractivity (Wildman–Crippen MR) is 68.6 cm³/mol. The van der Waals surface area contributed by atoms with Gasteiger partial charge in [0.25, 0.3) is 0 Å². The van der Waals surface area contributed by atoms with E-state index in [2.05, 4.69) is 0 Å². The van der Waals surface area contributed by atoms with E-state index in [4.69, 9.17) is 4.74 Å². The molecule has 18 heavy (non-hydrogen) atoms. The third-order valence-corrected chi connectivity index (χ3v) is 2.60. The third kappa shape index (κ3) is 2.88. The summed E-state index contributed by atoms with van der Waals surface area (Å²) in [5.41, 5.74) is 1.72. The zero-order chi connectivity index (χ0) is 13.0. The Labute approximate surface area is 106 Å². The van der Waals surface area contributed by atoms with Gasteiger partial charge < -0.3 is 9.84 Å². The molecule has 1 atom stereocenters. The van der Waals surface area contributed by atoms with Crippen molar-refractivity contribution >= 4 is 5.97 Å². The first-order chi connectivity index (χ1) is 8.66. The average molecular weight is 242 g/mol. The number of hydrogen-bond acceptors (Lipinski definition) is 2. The summed E-state index contributed by atoms with van der Waals surface area (Å²) >= 11 is 0. The molecule has 2 aromatic rings. The van der Waals surface area contributed by atoms with Gasteiger partial charge in [0.05, 0.1) is 0 Å². The summed E-state index contributed by atoms with van der Waals surface area (Å²) in [5.74, 6) is -0.451. The Hall–Kier alpha value is -2.29. The number of carboxylic acid groups (broad SMARTS) is 1. The largest absolute Gasteiger partial charge is 0.478 e. The highest BCUT2D eigenvalue weighted by Crippen LogP contribution is 2.22. The van der Waals surface area contributed by atoms with E-state index < -0.39 is 12.1 Å². The number of para-hydroxylation sites is 1. The fourth-order valence-electron chi connectivity index (χ4n) is 1.64. The van der Waals surface area contributed by atoms with Gasteiger partial charge in [0.1, 0.15) is 5.75 Å². The molecule has 0 saturated heterocycles. The molecule has 0 spiro atoms. The van der Waals surface area contributed by atoms with Crippen LogP contribution in [-0.4, -0.2) is 11.1 Å². The van der Waals surface area contributed by atoms with Gasteiger partial charge in [-0.3, -0.25) is 0 Å². The summed E-state index contributed by atoms with van der Waals surface area (Å²) in [7, 11) is 0. The van der Waals surface area contributed by atoms with E-state index in [1.165, 1.54) is 0 Å². The van der Waals surface area contributed by atoms with Crippen molar-refractivity contribution in [2.45, 2.75) is 13.0 Å². The van der Waals surface area contributed by atoms with Crippen molar-refractivity contribution in [2.24, 2.45) is 0 Å². The summed E-state index contributed by atoms with van der Waals surface area (Å²) in [6.07, 6.45) is -0.979. The first kappa shape index (κ1) is 12.2. The lowest BCUT2D eigenvalue weighted by molar-refractivity contribution is -0.145. The quantitative estimate of drug-likeness (QED) is 0.895. The van der Waals surface area contributed by atoms with Gasteiger partial charge in [0, 0.05) is 5.56 Å². The molecule has 0 aromatic heterocycles. The van der Waals surface area contributed by atoms with E-state index in [0.29, 0.717) is 11.3 Å². The molecule has 92 valence electrons. The number of aliphatic carboxylic acids is 1. The van der Waals surface area contributed by atoms with Gasteiger partial charge in [-0.1, -0.05) is 48.0 Å². The van der Waals surface area contributed by atoms with Crippen LogP contribution >= 0.6 is 0 Å². The Kier molecular flexibility index (Phi) is 3.63. The molecule has 0 heterocycles. The number of hydrogen-bond donors (Lipinski definition) is 1. The van der Waals surface area contributed by atoms with Crippen molar-refractivity contribution in [1.29, 1.82) is 0 Å². The van der Waals surface area contributed by atoms with E-state index in [1.807, 2.05) is 37.3 Å². The summed E-state index contributed by atoms with van der Waals surface area (Å²) < 4.78 is 5.50. The van der Waals surface area contributed by atoms with Crippen molar-refractivity contribution in [2.75, 3.05) is 0 Å². The second-order valence-corrected chi connectivity index (χ2v) is 4.06. The maximum atomic E-state index is 11.3. The molecular formula is C15H14O3. The summed E-state index contributed by atoms with van der Waals surface area (Å²) in [4.78, 5) is 11.3. The Morgan fingerprint density at radius 3 is 2.22 bits per heavy atom. The molecule has 0 saturated carbocycles. The highest BCUT2D eigenvalue weighted by atomic mass is 16.5. The molecule has 0 radical (unpaired) electrons. The number of carboxylic acids is 1. The molecule has 0 aliphatic heterocycles. The van der Waals surface area contributed by atoms with E-state index >= 15 is 0 Å². The SMILES string of the molecule is Cc1ccc(C(Oc2ccccc2)C(=O)O)cc1. The highest BCUT2D eigenvalue weighted by Gasteiger charge is 2.21. The van der Waals surface area contributed by atoms with Crippen LogP contribution in [-0.2, 0) is 4.79 Å². The molecule has 0 aliphatic rings. The van der Waals surface area contributed by atoms with Crippen LogP contribution in [0.4, 0.5) is 0 Å². The summed E-state index contributed by atoms with van der Waals surface area (Å²) in [5, 5.41) is 9.23. The summed E-state index contributed by atoms with van der Waals surface area (Å²) in [6, 6.07) is 16.3. The Bertz CT molecular complexity index is 517. The summed E-state index contributed by atoms with van der Waals surface area (Å²) in [6.45, 7) is 1.96. The molecule has 1 N–H and O–H groups in total. The fourth-order valence-corrected chi connectivity index (χ4v) is 1.64. The molecule has 0 bridgehead atoms. The van der Waals surface area contributed by atoms with Gasteiger partial charge >= 0.3 is 5.97 Å². The van der Waals surface area contributed by atoms with E-state index in [1.54, 1.807) is 24.3 Å². The molecule has 0 amide bonds. The molecule has 0 fully saturated rings. The van der Waals surface area contributed by atoms with Crippen molar-refractivity contribution in [3.63, 3.8) is 0 Å². The third-order valence-electron chi connectivity index (χ3n) is 2.60. The fraction of sp³-hybridized carbons (Fsp3) is 0.133. The van der Waals surface area contributed by atoms with Crippen LogP contribution < -0.4 is 4.74 Å². The van der Waals surface area contributed by atoms with Gasteiger partial charge in [-0.2, -0.15) is 0 Å². The van der Waals surface area contributed by atoms with Crippen molar-refractivity contribution in [3.05, 3.63) is 65.7 Å². The first-order valence-electron chi connectivity index (χ1n) is 5.68. The maximum Gasteiger partial charge on any atom is 0.349 e. The van der Waals surface area contributed by atoms with Gasteiger partial charge in [-0.15, -0.1) is 0 Å². The zero-order valence-corrected chi connectivity index (χ0v) is 10.0. The molecule has 3 heteroatoms. The van der Waals surface area contributed by atoms with Crippen LogP contribution in [0.3, 0.4) is 0 Å². The number of aryl methyl sites for hydroxylation is 1. The second-order valence-electron chi connectivity index (χ2n) is 4.06. The predicted octanol–water partition coefficient (Wildman–Crippen LogP) is 3.20. The lowest BCUT2D eigenvalue weighted by Crippen LogP contribution is -2.18. The minimum absolute atomic E-state index is 0.547. The van der Waals surface area contributed by atoms with Gasteiger partial charge in [0.2, 0.25) is 6.10 Å². The first-order valence-corrected chi connectivity index (χ1v) is 5.68. The van der Waals surface area contributed by atoms with Crippen LogP contribution in [0.5, 0.6) is 5.75 Å². The zero-order valence-electron chi connectivity index (χ0n) is 10.0. The Balaban J connectivity index is 2.24. The van der Waals surface area contributed by atoms with E-state index in [9.17, 15) is 9.90 Å². The molecule has 2 rings (SSSR count). The highest BCUT2D eigenvalue weighted by molar-refractivity contribution is 5.74. The lowest BCUT2D eigenvalue weighted by Gasteiger charge is -2.15. The van der Waals surface area contributed by atoms with Crippen LogP contribution in [0.25, 0.3) is 0 Å². The molecule has 2 aromatic carbocycles. The monoisotopic (exact) mass is 242 g/mol. The Morgan fingerprint density at radius 1 is 1.06 bits per heavy atom. The van der Waals surface area contributed by atoms with Crippen LogP contribution in [0.2, 0.25) is 0 Å². The molecule has 3 nitrogen and oxygen atoms in total. The minimum atomic E-state index is -0.997. The second kappa shape index (κ2) is 5.36. The van der Waals surface area contributed by atoms with Crippen LogP contribution in [0.1, 0.15) is 17.2 Å². The van der Waals surface area contributed by atoms with Gasteiger partial charge in [0.15, 0.2) is 0 Å². The topological polar surface area (TPSA) is 46.5 Å². The molecular weight excluding hydrogens is 228 g/mol. The van der Waals surface area contributed by atoms with Crippen molar-refractivity contribution < 1.29 is 14.6 Å². The lowest BCUT2D eigenvalue weighted by atomic mass is 10.1. The van der Waals surface area contributed by atoms with Crippen molar-refractivity contribution in [3.8, 4) is 5.75 Å². The normalized spacial score (nSPS) is 11.8. The van der Waals surface area contributed by atoms with Crippen molar-refractivity contribution in [1.82, 2.24) is 0 Å². The van der Waals surface area contributed by atoms with Crippen LogP contribution in [0, 0.1) is 6.92 Å². The van der Waals surface area contributed by atoms with E-state index in [0.717, 1.165) is 5.56 Å². The van der Waals surface area contributed by atoms with E-state index in [-0.39, 0.29) is 0 Å². The number of rotatable bonds is 4. The minimum Gasteiger partial charge on any atom is -0.478 e. The van der Waals surface area contributed by atoms with Gasteiger partial charge in [-0.25, -0.2) is 4.79 Å². The number of carbonyl (C=O) groups is 1. The van der Waals surface area contributed by atoms with Crippen LogP contribution in [0.15, 0.2) is 54.6 Å². The Morgan fingerprint density at radius 2 is 1.67 bits per heavy atom. The number of benzene rings is 2. The number of ether oxygens (including phenoxy) is 1. The molecule has 0 aliphatic carbocycles. The maximum absolute atomic E-state index is 11.3. The standard InChI is InChI=1S/C15H14O3/c1-11-7-9-12(10-8-11)14(15(16)17)18-13-5-3-2-4-6-13/h2-10,14H,1H3,(H,16,17). The smallest absolute Gasteiger partial charge is 0.349 e. The van der Waals surface area contributed by atoms with Gasteiger partial charge in [-0.05, 0) is 19.1 Å².